The fourth-order valence-corrected chi connectivity index (χ4v) is 2.92. The van der Waals surface area contributed by atoms with Crippen LogP contribution in [0.3, 0.4) is 0 Å². The molecule has 25 heavy (non-hydrogen) atoms. The Morgan fingerprint density at radius 1 is 1.00 bits per heavy atom. The molecule has 1 N–H and O–H groups in total. The van der Waals surface area contributed by atoms with Crippen molar-refractivity contribution < 1.29 is 14.0 Å². The summed E-state index contributed by atoms with van der Waals surface area (Å²) in [5.41, 5.74) is 0.354. The van der Waals surface area contributed by atoms with E-state index in [1.165, 1.54) is 30.5 Å². The van der Waals surface area contributed by atoms with E-state index in [4.69, 9.17) is 11.6 Å². The summed E-state index contributed by atoms with van der Waals surface area (Å²) in [6.07, 6.45) is 1.38. The van der Waals surface area contributed by atoms with Gasteiger partial charge in [0.25, 0.3) is 11.8 Å². The highest BCUT2D eigenvalue weighted by Crippen LogP contribution is 2.20. The average molecular weight is 364 g/mol. The molecule has 8 heteroatoms. The first-order valence-electron chi connectivity index (χ1n) is 7.68. The molecule has 0 atom stereocenters. The predicted octanol–water partition coefficient (Wildman–Crippen LogP) is 1.77. The fourth-order valence-electron chi connectivity index (χ4n) is 2.67. The van der Waals surface area contributed by atoms with E-state index in [0.29, 0.717) is 31.7 Å². The molecule has 0 radical (unpaired) electrons. The summed E-state index contributed by atoms with van der Waals surface area (Å²) in [4.78, 5) is 41.6. The molecule has 1 saturated heterocycles. The molecule has 1 aliphatic rings. The van der Waals surface area contributed by atoms with Crippen molar-refractivity contribution in [3.63, 3.8) is 0 Å². The molecule has 2 aromatic rings. The average Bonchev–Trinajstić information content (AvgIpc) is 2.61. The molecule has 3 rings (SSSR count). The lowest BCUT2D eigenvalue weighted by atomic mass is 10.1. The SMILES string of the molecule is O=C(c1ccc(=O)[nH]c1)N1CCN(C(=O)c2ccc(F)cc2Cl)CC1. The van der Waals surface area contributed by atoms with E-state index >= 15 is 0 Å². The molecule has 6 nitrogen and oxygen atoms in total. The van der Waals surface area contributed by atoms with Crippen LogP contribution in [0, 0.1) is 5.82 Å². The number of rotatable bonds is 2. The summed E-state index contributed by atoms with van der Waals surface area (Å²) in [6, 6.07) is 6.41. The number of H-pyrrole nitrogens is 1. The van der Waals surface area contributed by atoms with Gasteiger partial charge in [-0.2, -0.15) is 0 Å². The van der Waals surface area contributed by atoms with E-state index < -0.39 is 5.82 Å². The Morgan fingerprint density at radius 3 is 2.20 bits per heavy atom. The highest BCUT2D eigenvalue weighted by Gasteiger charge is 2.26. The Kier molecular flexibility index (Phi) is 4.85. The number of nitrogens with zero attached hydrogens (tertiary/aromatic N) is 2. The summed E-state index contributed by atoms with van der Waals surface area (Å²) in [7, 11) is 0. The number of benzene rings is 1. The normalized spacial score (nSPS) is 14.5. The number of hydrogen-bond acceptors (Lipinski definition) is 3. The fraction of sp³-hybridized carbons (Fsp3) is 0.235. The summed E-state index contributed by atoms with van der Waals surface area (Å²) >= 11 is 5.93. The highest BCUT2D eigenvalue weighted by atomic mass is 35.5. The van der Waals surface area contributed by atoms with E-state index in [9.17, 15) is 18.8 Å². The van der Waals surface area contributed by atoms with Crippen molar-refractivity contribution in [2.24, 2.45) is 0 Å². The number of carbonyl (C=O) groups excluding carboxylic acids is 2. The van der Waals surface area contributed by atoms with Crippen LogP contribution in [0.15, 0.2) is 41.3 Å². The zero-order chi connectivity index (χ0) is 18.0. The summed E-state index contributed by atoms with van der Waals surface area (Å²) in [6.45, 7) is 1.42. The number of amides is 2. The van der Waals surface area contributed by atoms with Crippen LogP contribution in [-0.4, -0.2) is 52.8 Å². The minimum atomic E-state index is -0.502. The molecule has 0 saturated carbocycles. The molecule has 0 aliphatic carbocycles. The van der Waals surface area contributed by atoms with Crippen molar-refractivity contribution in [1.29, 1.82) is 0 Å². The van der Waals surface area contributed by atoms with Gasteiger partial charge in [-0.25, -0.2) is 4.39 Å². The molecule has 2 heterocycles. The van der Waals surface area contributed by atoms with Crippen LogP contribution in [-0.2, 0) is 0 Å². The van der Waals surface area contributed by atoms with Gasteiger partial charge in [-0.1, -0.05) is 11.6 Å². The molecule has 0 unspecified atom stereocenters. The quantitative estimate of drug-likeness (QED) is 0.883. The topological polar surface area (TPSA) is 73.5 Å². The van der Waals surface area contributed by atoms with E-state index in [-0.39, 0.29) is 28.0 Å². The van der Waals surface area contributed by atoms with E-state index in [2.05, 4.69) is 4.98 Å². The Balaban J connectivity index is 1.65. The highest BCUT2D eigenvalue weighted by molar-refractivity contribution is 6.33. The molecule has 2 amide bonds. The molecule has 1 aromatic heterocycles. The minimum Gasteiger partial charge on any atom is -0.335 e. The van der Waals surface area contributed by atoms with Gasteiger partial charge in [0.05, 0.1) is 16.1 Å². The second-order valence-electron chi connectivity index (χ2n) is 5.65. The maximum absolute atomic E-state index is 13.1. The number of nitrogens with one attached hydrogen (secondary N) is 1. The monoisotopic (exact) mass is 363 g/mol. The number of carbonyl (C=O) groups is 2. The summed E-state index contributed by atoms with van der Waals surface area (Å²) < 4.78 is 13.1. The third kappa shape index (κ3) is 3.71. The summed E-state index contributed by atoms with van der Waals surface area (Å²) in [5, 5.41) is 0.0664. The van der Waals surface area contributed by atoms with Crippen LogP contribution < -0.4 is 5.56 Å². The number of pyridine rings is 1. The van der Waals surface area contributed by atoms with Crippen molar-refractivity contribution in [2.75, 3.05) is 26.2 Å². The smallest absolute Gasteiger partial charge is 0.255 e. The van der Waals surface area contributed by atoms with Gasteiger partial charge in [-0.3, -0.25) is 14.4 Å². The number of halogens is 2. The van der Waals surface area contributed by atoms with E-state index in [1.54, 1.807) is 9.80 Å². The van der Waals surface area contributed by atoms with Gasteiger partial charge >= 0.3 is 0 Å². The van der Waals surface area contributed by atoms with Gasteiger partial charge < -0.3 is 14.8 Å². The Bertz CT molecular complexity index is 855. The molecule has 1 fully saturated rings. The lowest BCUT2D eigenvalue weighted by molar-refractivity contribution is 0.0535. The van der Waals surface area contributed by atoms with E-state index in [0.717, 1.165) is 6.07 Å². The number of hydrogen-bond donors (Lipinski definition) is 1. The molecule has 0 bridgehead atoms. The molecule has 0 spiro atoms. The lowest BCUT2D eigenvalue weighted by Crippen LogP contribution is -2.50. The minimum absolute atomic E-state index is 0.0664. The first-order chi connectivity index (χ1) is 12.0. The third-order valence-corrected chi connectivity index (χ3v) is 4.36. The van der Waals surface area contributed by atoms with Crippen LogP contribution in [0.25, 0.3) is 0 Å². The van der Waals surface area contributed by atoms with Crippen LogP contribution >= 0.6 is 11.6 Å². The lowest BCUT2D eigenvalue weighted by Gasteiger charge is -2.35. The number of piperazine rings is 1. The van der Waals surface area contributed by atoms with Crippen LogP contribution in [0.5, 0.6) is 0 Å². The predicted molar refractivity (Wildman–Crippen MR) is 90.3 cm³/mol. The van der Waals surface area contributed by atoms with Gasteiger partial charge in [0.2, 0.25) is 5.56 Å². The van der Waals surface area contributed by atoms with Crippen molar-refractivity contribution in [3.05, 3.63) is 68.8 Å². The van der Waals surface area contributed by atoms with Gasteiger partial charge in [-0.05, 0) is 24.3 Å². The standard InChI is InChI=1S/C17H15ClFN3O3/c18-14-9-12(19)2-3-13(14)17(25)22-7-5-21(6-8-22)16(24)11-1-4-15(23)20-10-11/h1-4,9-10H,5-8H2,(H,20,23). The maximum Gasteiger partial charge on any atom is 0.255 e. The van der Waals surface area contributed by atoms with Crippen LogP contribution in [0.2, 0.25) is 5.02 Å². The molecule has 1 aromatic carbocycles. The van der Waals surface area contributed by atoms with Gasteiger partial charge in [0.1, 0.15) is 5.82 Å². The summed E-state index contributed by atoms with van der Waals surface area (Å²) in [5.74, 6) is -0.998. The molecule has 1 aliphatic heterocycles. The van der Waals surface area contributed by atoms with Gasteiger partial charge in [-0.15, -0.1) is 0 Å². The Morgan fingerprint density at radius 2 is 1.64 bits per heavy atom. The van der Waals surface area contributed by atoms with Crippen molar-refractivity contribution in [1.82, 2.24) is 14.8 Å². The zero-order valence-electron chi connectivity index (χ0n) is 13.2. The van der Waals surface area contributed by atoms with Gasteiger partial charge in [0, 0.05) is 38.4 Å². The first kappa shape index (κ1) is 17.2. The van der Waals surface area contributed by atoms with E-state index in [1.807, 2.05) is 0 Å². The second-order valence-corrected chi connectivity index (χ2v) is 6.06. The van der Waals surface area contributed by atoms with Crippen LogP contribution in [0.4, 0.5) is 4.39 Å². The maximum atomic E-state index is 13.1. The second kappa shape index (κ2) is 7.06. The number of aromatic amines is 1. The van der Waals surface area contributed by atoms with Gasteiger partial charge in [0.15, 0.2) is 0 Å². The molecule has 130 valence electrons. The third-order valence-electron chi connectivity index (χ3n) is 4.05. The first-order valence-corrected chi connectivity index (χ1v) is 8.06. The van der Waals surface area contributed by atoms with Crippen molar-refractivity contribution in [2.45, 2.75) is 0 Å². The largest absolute Gasteiger partial charge is 0.335 e. The Labute approximate surface area is 147 Å². The van der Waals surface area contributed by atoms with Crippen LogP contribution in [0.1, 0.15) is 20.7 Å². The van der Waals surface area contributed by atoms with Crippen molar-refractivity contribution in [3.8, 4) is 0 Å². The van der Waals surface area contributed by atoms with Crippen molar-refractivity contribution >= 4 is 23.4 Å². The molecular weight excluding hydrogens is 349 g/mol. The molecular formula is C17H15ClFN3O3. The zero-order valence-corrected chi connectivity index (χ0v) is 13.9. The Hall–Kier alpha value is -2.67. The number of aromatic nitrogens is 1.